The highest BCUT2D eigenvalue weighted by atomic mass is 32.2. The standard InChI is InChI=1S/C20H26O2S/c1-3-5-9-15-11-7-13-17(21)19(15)23-20-16(10-6-4-2)12-8-14-18(20)22/h7-8,11-14,21-22H,3-6,9-10H2,1-2H3. The Labute approximate surface area is 143 Å². The fraction of sp³-hybridized carbons (Fsp3) is 0.400. The largest absolute Gasteiger partial charge is 0.507 e. The number of rotatable bonds is 8. The Balaban J connectivity index is 2.35. The molecule has 0 spiro atoms. The second kappa shape index (κ2) is 8.88. The highest BCUT2D eigenvalue weighted by Crippen LogP contribution is 2.43. The molecule has 0 saturated carbocycles. The average Bonchev–Trinajstić information content (AvgIpc) is 2.55. The van der Waals surface area contributed by atoms with E-state index in [1.54, 1.807) is 12.1 Å². The molecule has 0 radical (unpaired) electrons. The van der Waals surface area contributed by atoms with Crippen LogP contribution in [-0.4, -0.2) is 10.2 Å². The van der Waals surface area contributed by atoms with E-state index in [0.717, 1.165) is 59.4 Å². The van der Waals surface area contributed by atoms with Gasteiger partial charge in [0.25, 0.3) is 0 Å². The summed E-state index contributed by atoms with van der Waals surface area (Å²) in [4.78, 5) is 1.75. The Bertz CT molecular complexity index is 582. The molecule has 2 nitrogen and oxygen atoms in total. The molecule has 2 N–H and O–H groups in total. The summed E-state index contributed by atoms with van der Waals surface area (Å²) in [6.07, 6.45) is 6.34. The first kappa shape index (κ1) is 17.7. The van der Waals surface area contributed by atoms with Gasteiger partial charge in [0.15, 0.2) is 0 Å². The monoisotopic (exact) mass is 330 g/mol. The Morgan fingerprint density at radius 2 is 1.17 bits per heavy atom. The number of aromatic hydroxyl groups is 2. The van der Waals surface area contributed by atoms with Crippen molar-refractivity contribution >= 4 is 11.8 Å². The van der Waals surface area contributed by atoms with Gasteiger partial charge in [-0.3, -0.25) is 0 Å². The van der Waals surface area contributed by atoms with Gasteiger partial charge in [-0.1, -0.05) is 62.7 Å². The molecular weight excluding hydrogens is 304 g/mol. The number of unbranched alkanes of at least 4 members (excludes halogenated alkanes) is 2. The molecule has 3 heteroatoms. The summed E-state index contributed by atoms with van der Waals surface area (Å²) >= 11 is 1.49. The van der Waals surface area contributed by atoms with E-state index in [9.17, 15) is 10.2 Å². The zero-order valence-corrected chi connectivity index (χ0v) is 14.8. The van der Waals surface area contributed by atoms with Crippen LogP contribution in [0.15, 0.2) is 46.2 Å². The molecule has 0 saturated heterocycles. The van der Waals surface area contributed by atoms with E-state index < -0.39 is 0 Å². The van der Waals surface area contributed by atoms with Crippen LogP contribution >= 0.6 is 11.8 Å². The first-order valence-corrected chi connectivity index (χ1v) is 9.28. The first-order chi connectivity index (χ1) is 11.2. The lowest BCUT2D eigenvalue weighted by molar-refractivity contribution is 0.457. The summed E-state index contributed by atoms with van der Waals surface area (Å²) in [6.45, 7) is 4.34. The molecule has 0 bridgehead atoms. The Morgan fingerprint density at radius 3 is 1.57 bits per heavy atom. The van der Waals surface area contributed by atoms with Crippen LogP contribution in [0.3, 0.4) is 0 Å². The van der Waals surface area contributed by atoms with E-state index >= 15 is 0 Å². The van der Waals surface area contributed by atoms with E-state index in [2.05, 4.69) is 26.0 Å². The summed E-state index contributed by atoms with van der Waals surface area (Å²) in [7, 11) is 0. The summed E-state index contributed by atoms with van der Waals surface area (Å²) in [5.41, 5.74) is 2.31. The number of hydrogen-bond acceptors (Lipinski definition) is 3. The van der Waals surface area contributed by atoms with Gasteiger partial charge in [-0.2, -0.15) is 0 Å². The summed E-state index contributed by atoms with van der Waals surface area (Å²) in [5.74, 6) is 0.599. The number of benzene rings is 2. The fourth-order valence-electron chi connectivity index (χ4n) is 2.61. The molecular formula is C20H26O2S. The predicted molar refractivity (Wildman–Crippen MR) is 97.6 cm³/mol. The van der Waals surface area contributed by atoms with Gasteiger partial charge in [0, 0.05) is 0 Å². The lowest BCUT2D eigenvalue weighted by atomic mass is 10.1. The predicted octanol–water partition coefficient (Wildman–Crippen LogP) is 5.93. The van der Waals surface area contributed by atoms with Crippen molar-refractivity contribution in [1.29, 1.82) is 0 Å². The van der Waals surface area contributed by atoms with Gasteiger partial charge in [-0.15, -0.1) is 0 Å². The molecule has 0 unspecified atom stereocenters. The highest BCUT2D eigenvalue weighted by molar-refractivity contribution is 7.99. The summed E-state index contributed by atoms with van der Waals surface area (Å²) < 4.78 is 0. The molecule has 0 aliphatic carbocycles. The third-order valence-electron chi connectivity index (χ3n) is 3.96. The van der Waals surface area contributed by atoms with Crippen molar-refractivity contribution in [3.05, 3.63) is 47.5 Å². The molecule has 2 rings (SSSR count). The number of phenols is 2. The Morgan fingerprint density at radius 1 is 0.739 bits per heavy atom. The van der Waals surface area contributed by atoms with Crippen molar-refractivity contribution < 1.29 is 10.2 Å². The van der Waals surface area contributed by atoms with Gasteiger partial charge in [0.05, 0.1) is 9.79 Å². The molecule has 0 amide bonds. The van der Waals surface area contributed by atoms with Gasteiger partial charge >= 0.3 is 0 Å². The van der Waals surface area contributed by atoms with Crippen LogP contribution in [0.5, 0.6) is 11.5 Å². The normalized spacial score (nSPS) is 10.9. The lowest BCUT2D eigenvalue weighted by Crippen LogP contribution is -1.93. The maximum absolute atomic E-state index is 10.3. The van der Waals surface area contributed by atoms with E-state index in [-0.39, 0.29) is 0 Å². The van der Waals surface area contributed by atoms with Crippen molar-refractivity contribution in [2.24, 2.45) is 0 Å². The van der Waals surface area contributed by atoms with E-state index in [4.69, 9.17) is 0 Å². The van der Waals surface area contributed by atoms with Crippen LogP contribution in [0.4, 0.5) is 0 Å². The lowest BCUT2D eigenvalue weighted by Gasteiger charge is -2.15. The molecule has 0 aromatic heterocycles. The molecule has 0 aliphatic rings. The zero-order chi connectivity index (χ0) is 16.7. The third kappa shape index (κ3) is 4.68. The zero-order valence-electron chi connectivity index (χ0n) is 14.0. The van der Waals surface area contributed by atoms with Crippen molar-refractivity contribution in [2.45, 2.75) is 62.2 Å². The van der Waals surface area contributed by atoms with Crippen molar-refractivity contribution in [1.82, 2.24) is 0 Å². The molecule has 0 heterocycles. The van der Waals surface area contributed by atoms with Crippen molar-refractivity contribution in [2.75, 3.05) is 0 Å². The van der Waals surface area contributed by atoms with Gasteiger partial charge in [-0.25, -0.2) is 0 Å². The minimum atomic E-state index is 0.299. The topological polar surface area (TPSA) is 40.5 Å². The molecule has 0 fully saturated rings. The van der Waals surface area contributed by atoms with E-state index in [1.165, 1.54) is 11.8 Å². The number of hydrogen-bond donors (Lipinski definition) is 2. The SMILES string of the molecule is CCCCc1cccc(O)c1Sc1c(O)cccc1CCCC. The highest BCUT2D eigenvalue weighted by Gasteiger charge is 2.15. The molecule has 124 valence electrons. The quantitative estimate of drug-likeness (QED) is 0.630. The van der Waals surface area contributed by atoms with Crippen LogP contribution in [0.2, 0.25) is 0 Å². The van der Waals surface area contributed by atoms with Crippen LogP contribution in [0.25, 0.3) is 0 Å². The molecule has 0 atom stereocenters. The van der Waals surface area contributed by atoms with Crippen LogP contribution in [0.1, 0.15) is 50.7 Å². The van der Waals surface area contributed by atoms with E-state index in [1.807, 2.05) is 12.1 Å². The second-order valence-corrected chi connectivity index (χ2v) is 6.86. The summed E-state index contributed by atoms with van der Waals surface area (Å²) in [5, 5.41) is 20.6. The average molecular weight is 330 g/mol. The Hall–Kier alpha value is -1.61. The summed E-state index contributed by atoms with van der Waals surface area (Å²) in [6, 6.07) is 11.4. The molecule has 0 aliphatic heterocycles. The fourth-order valence-corrected chi connectivity index (χ4v) is 3.76. The van der Waals surface area contributed by atoms with Gasteiger partial charge in [0.2, 0.25) is 0 Å². The molecule has 2 aromatic rings. The minimum absolute atomic E-state index is 0.299. The van der Waals surface area contributed by atoms with Crippen molar-refractivity contribution in [3.8, 4) is 11.5 Å². The maximum Gasteiger partial charge on any atom is 0.129 e. The number of phenolic OH excluding ortho intramolecular Hbond substituents is 2. The first-order valence-electron chi connectivity index (χ1n) is 8.46. The minimum Gasteiger partial charge on any atom is -0.507 e. The van der Waals surface area contributed by atoms with Crippen molar-refractivity contribution in [3.63, 3.8) is 0 Å². The van der Waals surface area contributed by atoms with Gasteiger partial charge in [-0.05, 0) is 48.9 Å². The van der Waals surface area contributed by atoms with Gasteiger partial charge in [0.1, 0.15) is 11.5 Å². The Kier molecular flexibility index (Phi) is 6.85. The van der Waals surface area contributed by atoms with Crippen LogP contribution in [-0.2, 0) is 12.8 Å². The smallest absolute Gasteiger partial charge is 0.129 e. The molecule has 23 heavy (non-hydrogen) atoms. The van der Waals surface area contributed by atoms with E-state index in [0.29, 0.717) is 11.5 Å². The maximum atomic E-state index is 10.3. The van der Waals surface area contributed by atoms with Crippen LogP contribution in [0, 0.1) is 0 Å². The molecule has 2 aromatic carbocycles. The second-order valence-electron chi connectivity index (χ2n) is 5.84. The van der Waals surface area contributed by atoms with Gasteiger partial charge < -0.3 is 10.2 Å². The third-order valence-corrected chi connectivity index (χ3v) is 5.31. The number of aryl methyl sites for hydroxylation is 2. The van der Waals surface area contributed by atoms with Crippen LogP contribution < -0.4 is 0 Å².